The van der Waals surface area contributed by atoms with Crippen molar-refractivity contribution in [1.29, 1.82) is 0 Å². The van der Waals surface area contributed by atoms with E-state index in [1.807, 2.05) is 42.5 Å². The van der Waals surface area contributed by atoms with Crippen LogP contribution in [0, 0.1) is 5.92 Å². The molecule has 23 heavy (non-hydrogen) atoms. The number of halogens is 1. The van der Waals surface area contributed by atoms with Gasteiger partial charge in [-0.1, -0.05) is 41.9 Å². The number of fused-ring (bicyclic) bond motifs is 1. The highest BCUT2D eigenvalue weighted by atomic mass is 35.5. The van der Waals surface area contributed by atoms with Crippen molar-refractivity contribution in [2.45, 2.75) is 18.9 Å². The molecule has 0 spiro atoms. The van der Waals surface area contributed by atoms with Crippen molar-refractivity contribution < 1.29 is 4.79 Å². The first-order valence-corrected chi connectivity index (χ1v) is 8.22. The molecule has 1 fully saturated rings. The highest BCUT2D eigenvalue weighted by Gasteiger charge is 2.33. The Balaban J connectivity index is 1.59. The van der Waals surface area contributed by atoms with Crippen molar-refractivity contribution in [1.82, 2.24) is 10.3 Å². The zero-order chi connectivity index (χ0) is 15.8. The summed E-state index contributed by atoms with van der Waals surface area (Å²) in [4.78, 5) is 15.8. The Morgan fingerprint density at radius 2 is 1.91 bits per heavy atom. The molecule has 1 aliphatic carbocycles. The van der Waals surface area contributed by atoms with E-state index in [0.29, 0.717) is 16.6 Å². The van der Waals surface area contributed by atoms with Gasteiger partial charge >= 0.3 is 0 Å². The molecule has 3 nitrogen and oxygen atoms in total. The van der Waals surface area contributed by atoms with Gasteiger partial charge < -0.3 is 10.3 Å². The maximum absolute atomic E-state index is 12.6. The summed E-state index contributed by atoms with van der Waals surface area (Å²) < 4.78 is 0. The lowest BCUT2D eigenvalue weighted by Crippen LogP contribution is -2.30. The SMILES string of the molecule is O=C(NC(c1ccccc1)C1CC1)c1cc2cc(Cl)ccc2[nH]1. The molecule has 1 aromatic heterocycles. The lowest BCUT2D eigenvalue weighted by atomic mass is 10.0. The molecule has 1 amide bonds. The summed E-state index contributed by atoms with van der Waals surface area (Å²) in [6, 6.07) is 17.7. The molecular formula is C19H17ClN2O. The fourth-order valence-electron chi connectivity index (χ4n) is 3.01. The van der Waals surface area contributed by atoms with Gasteiger partial charge in [-0.25, -0.2) is 0 Å². The number of aromatic nitrogens is 1. The molecule has 0 saturated heterocycles. The van der Waals surface area contributed by atoms with Gasteiger partial charge in [-0.2, -0.15) is 0 Å². The minimum atomic E-state index is -0.0712. The summed E-state index contributed by atoms with van der Waals surface area (Å²) in [5.41, 5.74) is 2.66. The van der Waals surface area contributed by atoms with Crippen molar-refractivity contribution >= 4 is 28.4 Å². The van der Waals surface area contributed by atoms with Crippen LogP contribution in [0.5, 0.6) is 0 Å². The molecule has 4 heteroatoms. The molecule has 1 atom stereocenters. The van der Waals surface area contributed by atoms with Crippen LogP contribution in [0.3, 0.4) is 0 Å². The van der Waals surface area contributed by atoms with E-state index in [4.69, 9.17) is 11.6 Å². The van der Waals surface area contributed by atoms with Crippen LogP contribution in [0.15, 0.2) is 54.6 Å². The molecule has 1 unspecified atom stereocenters. The highest BCUT2D eigenvalue weighted by molar-refractivity contribution is 6.31. The summed E-state index contributed by atoms with van der Waals surface area (Å²) in [5.74, 6) is 0.471. The van der Waals surface area contributed by atoms with Crippen molar-refractivity contribution in [3.63, 3.8) is 0 Å². The molecule has 1 aliphatic rings. The molecule has 0 aliphatic heterocycles. The number of hydrogen-bond acceptors (Lipinski definition) is 1. The monoisotopic (exact) mass is 324 g/mol. The van der Waals surface area contributed by atoms with Crippen LogP contribution >= 0.6 is 11.6 Å². The quantitative estimate of drug-likeness (QED) is 0.717. The van der Waals surface area contributed by atoms with Crippen LogP contribution in [-0.2, 0) is 0 Å². The zero-order valence-corrected chi connectivity index (χ0v) is 13.3. The molecule has 0 bridgehead atoms. The number of amides is 1. The normalized spacial score (nSPS) is 15.5. The van der Waals surface area contributed by atoms with Gasteiger partial charge in [0.05, 0.1) is 6.04 Å². The first-order valence-electron chi connectivity index (χ1n) is 7.85. The first-order chi connectivity index (χ1) is 11.2. The van der Waals surface area contributed by atoms with Crippen molar-refractivity contribution in [2.24, 2.45) is 5.92 Å². The molecule has 4 rings (SSSR count). The first kappa shape index (κ1) is 14.3. The summed E-state index contributed by atoms with van der Waals surface area (Å²) in [6.45, 7) is 0. The number of benzene rings is 2. The van der Waals surface area contributed by atoms with Crippen molar-refractivity contribution in [2.75, 3.05) is 0 Å². The van der Waals surface area contributed by atoms with Gasteiger partial charge in [0, 0.05) is 15.9 Å². The molecular weight excluding hydrogens is 308 g/mol. The van der Waals surface area contributed by atoms with Crippen LogP contribution in [0.25, 0.3) is 10.9 Å². The second kappa shape index (κ2) is 5.74. The van der Waals surface area contributed by atoms with Gasteiger partial charge in [0.1, 0.15) is 5.69 Å². The second-order valence-electron chi connectivity index (χ2n) is 6.11. The van der Waals surface area contributed by atoms with Crippen LogP contribution in [0.4, 0.5) is 0 Å². The van der Waals surface area contributed by atoms with Crippen LogP contribution in [-0.4, -0.2) is 10.9 Å². The van der Waals surface area contributed by atoms with E-state index < -0.39 is 0 Å². The zero-order valence-electron chi connectivity index (χ0n) is 12.6. The maximum Gasteiger partial charge on any atom is 0.268 e. The Hall–Kier alpha value is -2.26. The van der Waals surface area contributed by atoms with E-state index in [0.717, 1.165) is 10.9 Å². The standard InChI is InChI=1S/C19H17ClN2O/c20-15-8-9-16-14(10-15)11-17(21-16)19(23)22-18(13-6-7-13)12-4-2-1-3-5-12/h1-5,8-11,13,18,21H,6-7H2,(H,22,23). The number of aromatic amines is 1. The Labute approximate surface area is 139 Å². The van der Waals surface area contributed by atoms with E-state index in [9.17, 15) is 4.79 Å². The summed E-state index contributed by atoms with van der Waals surface area (Å²) >= 11 is 6.01. The largest absolute Gasteiger partial charge is 0.351 e. The van der Waals surface area contributed by atoms with E-state index in [-0.39, 0.29) is 11.9 Å². The molecule has 2 aromatic carbocycles. The van der Waals surface area contributed by atoms with E-state index in [2.05, 4.69) is 22.4 Å². The minimum absolute atomic E-state index is 0.0712. The summed E-state index contributed by atoms with van der Waals surface area (Å²) in [5, 5.41) is 4.80. The number of nitrogens with one attached hydrogen (secondary N) is 2. The van der Waals surface area contributed by atoms with E-state index in [1.54, 1.807) is 0 Å². The lowest BCUT2D eigenvalue weighted by molar-refractivity contribution is 0.0927. The average molecular weight is 325 g/mol. The third-order valence-corrected chi connectivity index (χ3v) is 4.60. The summed E-state index contributed by atoms with van der Waals surface area (Å²) in [6.07, 6.45) is 2.34. The maximum atomic E-state index is 12.6. The Bertz CT molecular complexity index is 852. The van der Waals surface area contributed by atoms with Crippen LogP contribution in [0.2, 0.25) is 5.02 Å². The van der Waals surface area contributed by atoms with Gasteiger partial charge in [0.25, 0.3) is 5.91 Å². The van der Waals surface area contributed by atoms with Gasteiger partial charge in [0.2, 0.25) is 0 Å². The predicted octanol–water partition coefficient (Wildman–Crippen LogP) is 4.70. The van der Waals surface area contributed by atoms with Gasteiger partial charge in [-0.3, -0.25) is 4.79 Å². The molecule has 1 saturated carbocycles. The third kappa shape index (κ3) is 2.97. The van der Waals surface area contributed by atoms with E-state index in [1.165, 1.54) is 18.4 Å². The van der Waals surface area contributed by atoms with Gasteiger partial charge in [-0.15, -0.1) is 0 Å². The van der Waals surface area contributed by atoms with Crippen molar-refractivity contribution in [3.05, 3.63) is 70.9 Å². The van der Waals surface area contributed by atoms with Crippen LogP contribution in [0.1, 0.15) is 34.9 Å². The number of carbonyl (C=O) groups excluding carboxylic acids is 1. The predicted molar refractivity (Wildman–Crippen MR) is 92.7 cm³/mol. The smallest absolute Gasteiger partial charge is 0.268 e. The van der Waals surface area contributed by atoms with Crippen LogP contribution < -0.4 is 5.32 Å². The Morgan fingerprint density at radius 3 is 2.65 bits per heavy atom. The number of rotatable bonds is 4. The number of hydrogen-bond donors (Lipinski definition) is 2. The fourth-order valence-corrected chi connectivity index (χ4v) is 3.19. The molecule has 1 heterocycles. The van der Waals surface area contributed by atoms with Gasteiger partial charge in [-0.05, 0) is 48.6 Å². The third-order valence-electron chi connectivity index (χ3n) is 4.37. The minimum Gasteiger partial charge on any atom is -0.351 e. The van der Waals surface area contributed by atoms with Crippen molar-refractivity contribution in [3.8, 4) is 0 Å². The van der Waals surface area contributed by atoms with E-state index >= 15 is 0 Å². The summed E-state index contributed by atoms with van der Waals surface area (Å²) in [7, 11) is 0. The average Bonchev–Trinajstić information content (AvgIpc) is 3.32. The second-order valence-corrected chi connectivity index (χ2v) is 6.55. The van der Waals surface area contributed by atoms with Gasteiger partial charge in [0.15, 0.2) is 0 Å². The highest BCUT2D eigenvalue weighted by Crippen LogP contribution is 2.41. The molecule has 116 valence electrons. The topological polar surface area (TPSA) is 44.9 Å². The number of H-pyrrole nitrogens is 1. The lowest BCUT2D eigenvalue weighted by Gasteiger charge is -2.18. The molecule has 3 aromatic rings. The number of carbonyl (C=O) groups is 1. The fraction of sp³-hybridized carbons (Fsp3) is 0.211. The Morgan fingerprint density at radius 1 is 1.13 bits per heavy atom. The molecule has 2 N–H and O–H groups in total. The Kier molecular flexibility index (Phi) is 3.58. The molecule has 0 radical (unpaired) electrons.